The minimum atomic E-state index is -0.604. The smallest absolute Gasteiger partial charge is 0.421 e. The molecule has 0 aliphatic carbocycles. The van der Waals surface area contributed by atoms with Crippen LogP contribution in [0.25, 0.3) is 0 Å². The molecule has 0 atom stereocenters. The molecule has 1 aliphatic heterocycles. The van der Waals surface area contributed by atoms with Crippen LogP contribution >= 0.6 is 22.6 Å². The molecule has 0 aromatic carbocycles. The Bertz CT molecular complexity index is 380. The van der Waals surface area contributed by atoms with Crippen molar-refractivity contribution in [2.45, 2.75) is 46.6 Å². The second kappa shape index (κ2) is 4.59. The fraction of sp³-hybridized carbons (Fsp3) is 0.667. The summed E-state index contributed by atoms with van der Waals surface area (Å²) in [5.41, 5.74) is -0.792. The number of halogens is 1. The van der Waals surface area contributed by atoms with Crippen molar-refractivity contribution in [3.8, 4) is 0 Å². The van der Waals surface area contributed by atoms with Gasteiger partial charge in [0.25, 0.3) is 0 Å². The molecule has 0 bridgehead atoms. The van der Waals surface area contributed by atoms with Crippen molar-refractivity contribution < 1.29 is 14.3 Å². The van der Waals surface area contributed by atoms with E-state index in [0.717, 1.165) is 8.48 Å². The molecular formula is C12H18INO3. The zero-order valence-electron chi connectivity index (χ0n) is 10.8. The van der Waals surface area contributed by atoms with Crippen molar-refractivity contribution in [2.75, 3.05) is 0 Å². The van der Waals surface area contributed by atoms with E-state index >= 15 is 0 Å². The second-order valence-electron chi connectivity index (χ2n) is 5.78. The number of ether oxygens (including phenoxy) is 1. The molecule has 1 heterocycles. The molecule has 0 N–H and O–H groups in total. The highest BCUT2D eigenvalue weighted by atomic mass is 127. The largest absolute Gasteiger partial charge is 0.443 e. The van der Waals surface area contributed by atoms with Crippen LogP contribution in [0, 0.1) is 5.41 Å². The fourth-order valence-corrected chi connectivity index (χ4v) is 1.84. The molecule has 5 heteroatoms. The van der Waals surface area contributed by atoms with Crippen LogP contribution in [0.4, 0.5) is 4.79 Å². The highest BCUT2D eigenvalue weighted by molar-refractivity contribution is 14.1. The molecule has 0 aromatic heterocycles. The molecule has 0 aromatic rings. The Morgan fingerprint density at radius 1 is 1.47 bits per heavy atom. The number of hydrogen-bond donors (Lipinski definition) is 0. The second-order valence-corrected chi connectivity index (χ2v) is 6.94. The Labute approximate surface area is 116 Å². The van der Waals surface area contributed by atoms with E-state index in [4.69, 9.17) is 4.74 Å². The molecule has 0 radical (unpaired) electrons. The number of imide groups is 1. The van der Waals surface area contributed by atoms with Crippen LogP contribution in [-0.2, 0) is 9.53 Å². The minimum Gasteiger partial charge on any atom is -0.443 e. The van der Waals surface area contributed by atoms with Crippen LogP contribution in [0.1, 0.15) is 41.0 Å². The highest BCUT2D eigenvalue weighted by Crippen LogP contribution is 2.39. The van der Waals surface area contributed by atoms with Gasteiger partial charge in [-0.2, -0.15) is 0 Å². The van der Waals surface area contributed by atoms with Gasteiger partial charge >= 0.3 is 6.09 Å². The summed E-state index contributed by atoms with van der Waals surface area (Å²) in [6.45, 7) is 9.29. The molecule has 1 aliphatic rings. The van der Waals surface area contributed by atoms with E-state index in [9.17, 15) is 9.59 Å². The van der Waals surface area contributed by atoms with E-state index < -0.39 is 11.7 Å². The molecule has 0 saturated heterocycles. The van der Waals surface area contributed by atoms with E-state index in [1.807, 2.05) is 13.8 Å². The van der Waals surface area contributed by atoms with Crippen molar-refractivity contribution in [1.29, 1.82) is 0 Å². The van der Waals surface area contributed by atoms with Gasteiger partial charge in [0.2, 0.25) is 5.91 Å². The lowest BCUT2D eigenvalue weighted by Crippen LogP contribution is -2.42. The van der Waals surface area contributed by atoms with E-state index in [0.29, 0.717) is 6.42 Å². The van der Waals surface area contributed by atoms with Gasteiger partial charge in [-0.15, -0.1) is 0 Å². The summed E-state index contributed by atoms with van der Waals surface area (Å²) in [6.07, 6.45) is 1.29. The van der Waals surface area contributed by atoms with E-state index in [1.54, 1.807) is 27.0 Å². The standard InChI is InChI=1S/C12H18INO3/c1-11(2,3)17-10(16)14-7-8(13)12(4,5)6-9(14)15/h7H,6H2,1-5H3. The van der Waals surface area contributed by atoms with Crippen molar-refractivity contribution >= 4 is 34.6 Å². The average Bonchev–Trinajstić information content (AvgIpc) is 2.07. The summed E-state index contributed by atoms with van der Waals surface area (Å²) in [7, 11) is 0. The summed E-state index contributed by atoms with van der Waals surface area (Å²) in [4.78, 5) is 24.7. The average molecular weight is 351 g/mol. The highest BCUT2D eigenvalue weighted by Gasteiger charge is 2.36. The first-order valence-electron chi connectivity index (χ1n) is 5.46. The number of allylic oxidation sites excluding steroid dienone is 1. The van der Waals surface area contributed by atoms with Gasteiger partial charge in [0.1, 0.15) is 5.60 Å². The van der Waals surface area contributed by atoms with E-state index in [-0.39, 0.29) is 11.3 Å². The molecule has 4 nitrogen and oxygen atoms in total. The Morgan fingerprint density at radius 2 is 2.00 bits per heavy atom. The quantitative estimate of drug-likeness (QED) is 0.628. The third kappa shape index (κ3) is 3.69. The van der Waals surface area contributed by atoms with E-state index in [2.05, 4.69) is 22.6 Å². The fourth-order valence-electron chi connectivity index (χ4n) is 1.37. The van der Waals surface area contributed by atoms with Crippen LogP contribution in [0.5, 0.6) is 0 Å². The predicted molar refractivity (Wildman–Crippen MR) is 73.6 cm³/mol. The Morgan fingerprint density at radius 3 is 2.47 bits per heavy atom. The van der Waals surface area contributed by atoms with Crippen LogP contribution < -0.4 is 0 Å². The number of nitrogens with zero attached hydrogens (tertiary/aromatic N) is 1. The molecule has 1 rings (SSSR count). The van der Waals surface area contributed by atoms with Gasteiger partial charge in [0, 0.05) is 21.6 Å². The molecule has 0 unspecified atom stereocenters. The van der Waals surface area contributed by atoms with E-state index in [1.165, 1.54) is 0 Å². The zero-order valence-corrected chi connectivity index (χ0v) is 13.0. The number of hydrogen-bond acceptors (Lipinski definition) is 3. The zero-order chi connectivity index (χ0) is 13.4. The van der Waals surface area contributed by atoms with Gasteiger partial charge in [-0.1, -0.05) is 13.8 Å². The summed E-state index contributed by atoms with van der Waals surface area (Å²) in [5, 5.41) is 0. The first-order chi connectivity index (χ1) is 7.53. The summed E-state index contributed by atoms with van der Waals surface area (Å²) >= 11 is 2.15. The molecule has 0 spiro atoms. The minimum absolute atomic E-state index is 0.198. The maximum Gasteiger partial charge on any atom is 0.421 e. The lowest BCUT2D eigenvalue weighted by molar-refractivity contribution is -0.130. The SMILES string of the molecule is CC(C)(C)OC(=O)N1C=C(I)C(C)(C)CC1=O. The lowest BCUT2D eigenvalue weighted by Gasteiger charge is -2.33. The van der Waals surface area contributed by atoms with Gasteiger partial charge in [-0.25, -0.2) is 9.69 Å². The Kier molecular flexibility index (Phi) is 3.91. The molecule has 0 saturated carbocycles. The lowest BCUT2D eigenvalue weighted by atomic mass is 9.87. The number of carbonyl (C=O) groups is 2. The van der Waals surface area contributed by atoms with Gasteiger partial charge in [0.05, 0.1) is 0 Å². The van der Waals surface area contributed by atoms with Crippen LogP contribution in [0.2, 0.25) is 0 Å². The van der Waals surface area contributed by atoms with Crippen molar-refractivity contribution in [3.63, 3.8) is 0 Å². The van der Waals surface area contributed by atoms with Crippen LogP contribution in [-0.4, -0.2) is 22.5 Å². The normalized spacial score (nSPS) is 20.0. The summed E-state index contributed by atoms with van der Waals surface area (Å²) < 4.78 is 6.16. The summed E-state index contributed by atoms with van der Waals surface area (Å²) in [6, 6.07) is 0. The van der Waals surface area contributed by atoms with Gasteiger partial charge in [-0.3, -0.25) is 4.79 Å². The number of amides is 2. The first-order valence-corrected chi connectivity index (χ1v) is 6.54. The Hall–Kier alpha value is -0.590. The third-order valence-electron chi connectivity index (χ3n) is 2.34. The van der Waals surface area contributed by atoms with Gasteiger partial charge < -0.3 is 4.74 Å². The molecule has 96 valence electrons. The first kappa shape index (κ1) is 14.5. The van der Waals surface area contributed by atoms with Crippen LogP contribution in [0.3, 0.4) is 0 Å². The molecule has 0 fully saturated rings. The molecule has 2 amide bonds. The Balaban J connectivity index is 2.90. The monoisotopic (exact) mass is 351 g/mol. The van der Waals surface area contributed by atoms with Gasteiger partial charge in [0.15, 0.2) is 0 Å². The summed E-state index contributed by atoms with van der Waals surface area (Å²) in [5.74, 6) is -0.218. The van der Waals surface area contributed by atoms with Gasteiger partial charge in [-0.05, 0) is 43.4 Å². The number of carbonyl (C=O) groups excluding carboxylic acids is 2. The van der Waals surface area contributed by atoms with Crippen molar-refractivity contribution in [3.05, 3.63) is 9.78 Å². The predicted octanol–water partition coefficient (Wildman–Crippen LogP) is 3.46. The van der Waals surface area contributed by atoms with Crippen LogP contribution in [0.15, 0.2) is 9.78 Å². The third-order valence-corrected chi connectivity index (χ3v) is 4.08. The molecule has 17 heavy (non-hydrogen) atoms. The maximum atomic E-state index is 11.9. The van der Waals surface area contributed by atoms with Crippen molar-refractivity contribution in [1.82, 2.24) is 4.90 Å². The maximum absolute atomic E-state index is 11.9. The number of rotatable bonds is 0. The molecular weight excluding hydrogens is 333 g/mol. The topological polar surface area (TPSA) is 46.6 Å². The van der Waals surface area contributed by atoms with Crippen molar-refractivity contribution in [2.24, 2.45) is 5.41 Å².